The Kier molecular flexibility index (Phi) is 3.94. The van der Waals surface area contributed by atoms with Crippen LogP contribution in [0.25, 0.3) is 11.5 Å². The number of benzene rings is 1. The molecule has 0 saturated carbocycles. The van der Waals surface area contributed by atoms with Crippen molar-refractivity contribution >= 4 is 11.6 Å². The van der Waals surface area contributed by atoms with Gasteiger partial charge in [-0.1, -0.05) is 47.1 Å². The number of hydrogen-bond donors (Lipinski definition) is 1. The van der Waals surface area contributed by atoms with Gasteiger partial charge in [-0.15, -0.1) is 0 Å². The van der Waals surface area contributed by atoms with Gasteiger partial charge in [0, 0.05) is 18.7 Å². The zero-order valence-corrected chi connectivity index (χ0v) is 11.9. The number of aromatic nitrogens is 3. The summed E-state index contributed by atoms with van der Waals surface area (Å²) in [6.07, 6.45) is 2.09. The largest absolute Gasteiger partial charge is 0.339 e. The minimum absolute atomic E-state index is 0.196. The third-order valence-electron chi connectivity index (χ3n) is 3.06. The van der Waals surface area contributed by atoms with Crippen LogP contribution in [0, 0.1) is 0 Å². The Bertz CT molecular complexity index is 729. The lowest BCUT2D eigenvalue weighted by Gasteiger charge is -2.08. The molecular weight excluding hydrogens is 288 g/mol. The van der Waals surface area contributed by atoms with Crippen LogP contribution in [-0.4, -0.2) is 15.1 Å². The quantitative estimate of drug-likeness (QED) is 0.801. The van der Waals surface area contributed by atoms with Gasteiger partial charge in [0.1, 0.15) is 5.69 Å². The Morgan fingerprint density at radius 3 is 2.71 bits per heavy atom. The topological polar surface area (TPSA) is 77.8 Å². The molecule has 0 aliphatic carbocycles. The molecule has 1 atom stereocenters. The van der Waals surface area contributed by atoms with Gasteiger partial charge in [-0.3, -0.25) is 4.98 Å². The lowest BCUT2D eigenvalue weighted by Crippen LogP contribution is -2.13. The monoisotopic (exact) mass is 300 g/mol. The summed E-state index contributed by atoms with van der Waals surface area (Å²) in [5, 5.41) is 4.39. The van der Waals surface area contributed by atoms with E-state index in [-0.39, 0.29) is 6.04 Å². The van der Waals surface area contributed by atoms with Crippen molar-refractivity contribution in [2.45, 2.75) is 12.5 Å². The highest BCUT2D eigenvalue weighted by Gasteiger charge is 2.15. The molecule has 3 aromatic rings. The molecule has 2 heterocycles. The molecule has 0 amide bonds. The van der Waals surface area contributed by atoms with Gasteiger partial charge in [-0.05, 0) is 17.7 Å². The maximum absolute atomic E-state index is 6.14. The molecule has 0 aliphatic rings. The second kappa shape index (κ2) is 6.03. The fraction of sp³-hybridized carbons (Fsp3) is 0.133. The summed E-state index contributed by atoms with van der Waals surface area (Å²) in [7, 11) is 0. The van der Waals surface area contributed by atoms with Crippen molar-refractivity contribution in [3.63, 3.8) is 0 Å². The standard InChI is InChI=1S/C15H13ClN4O/c16-11-7-4-8-18-14(11)15-19-13(21-20-15)9-12(17)10-5-2-1-3-6-10/h1-8,12H,9,17H2. The van der Waals surface area contributed by atoms with Crippen LogP contribution in [0.5, 0.6) is 0 Å². The second-order valence-electron chi connectivity index (χ2n) is 4.57. The molecule has 0 saturated heterocycles. The van der Waals surface area contributed by atoms with E-state index in [0.29, 0.717) is 28.9 Å². The number of halogens is 1. The molecule has 0 fully saturated rings. The maximum atomic E-state index is 6.14. The average molecular weight is 301 g/mol. The minimum Gasteiger partial charge on any atom is -0.339 e. The van der Waals surface area contributed by atoms with Crippen LogP contribution in [0.15, 0.2) is 53.2 Å². The van der Waals surface area contributed by atoms with Gasteiger partial charge in [0.2, 0.25) is 11.7 Å². The van der Waals surface area contributed by atoms with Gasteiger partial charge in [-0.2, -0.15) is 4.98 Å². The smallest absolute Gasteiger partial charge is 0.228 e. The van der Waals surface area contributed by atoms with E-state index in [1.54, 1.807) is 18.3 Å². The predicted octanol–water partition coefficient (Wildman–Crippen LogP) is 3.03. The average Bonchev–Trinajstić information content (AvgIpc) is 2.97. The van der Waals surface area contributed by atoms with Crippen molar-refractivity contribution in [2.24, 2.45) is 5.73 Å². The third-order valence-corrected chi connectivity index (χ3v) is 3.37. The summed E-state index contributed by atoms with van der Waals surface area (Å²) in [4.78, 5) is 8.45. The van der Waals surface area contributed by atoms with Gasteiger partial charge in [-0.25, -0.2) is 0 Å². The van der Waals surface area contributed by atoms with Gasteiger partial charge in [0.05, 0.1) is 5.02 Å². The first kappa shape index (κ1) is 13.7. The highest BCUT2D eigenvalue weighted by molar-refractivity contribution is 6.32. The molecule has 3 rings (SSSR count). The molecule has 2 N–H and O–H groups in total. The zero-order chi connectivity index (χ0) is 14.7. The molecule has 0 bridgehead atoms. The van der Waals surface area contributed by atoms with E-state index in [1.807, 2.05) is 30.3 Å². The van der Waals surface area contributed by atoms with Crippen molar-refractivity contribution in [1.82, 2.24) is 15.1 Å². The fourth-order valence-electron chi connectivity index (χ4n) is 1.99. The first-order valence-electron chi connectivity index (χ1n) is 6.48. The van der Waals surface area contributed by atoms with E-state index in [9.17, 15) is 0 Å². The third kappa shape index (κ3) is 3.09. The lowest BCUT2D eigenvalue weighted by atomic mass is 10.1. The van der Waals surface area contributed by atoms with E-state index < -0.39 is 0 Å². The Balaban J connectivity index is 1.78. The van der Waals surface area contributed by atoms with Gasteiger partial charge < -0.3 is 10.3 Å². The summed E-state index contributed by atoms with van der Waals surface area (Å²) < 4.78 is 5.23. The van der Waals surface area contributed by atoms with Crippen LogP contribution in [0.2, 0.25) is 5.02 Å². The predicted molar refractivity (Wildman–Crippen MR) is 79.6 cm³/mol. The van der Waals surface area contributed by atoms with Crippen LogP contribution >= 0.6 is 11.6 Å². The van der Waals surface area contributed by atoms with E-state index in [0.717, 1.165) is 5.56 Å². The SMILES string of the molecule is NC(Cc1nc(-c2ncccc2Cl)no1)c1ccccc1. The van der Waals surface area contributed by atoms with Crippen LogP contribution in [0.4, 0.5) is 0 Å². The summed E-state index contributed by atoms with van der Waals surface area (Å²) in [5.41, 5.74) is 7.66. The van der Waals surface area contributed by atoms with E-state index in [1.165, 1.54) is 0 Å². The minimum atomic E-state index is -0.196. The number of nitrogens with zero attached hydrogens (tertiary/aromatic N) is 3. The Labute approximate surface area is 126 Å². The summed E-state index contributed by atoms with van der Waals surface area (Å²) in [5.74, 6) is 0.832. The van der Waals surface area contributed by atoms with Crippen molar-refractivity contribution in [3.8, 4) is 11.5 Å². The van der Waals surface area contributed by atoms with Crippen molar-refractivity contribution in [3.05, 3.63) is 65.1 Å². The summed E-state index contributed by atoms with van der Waals surface area (Å²) in [6.45, 7) is 0. The highest BCUT2D eigenvalue weighted by atomic mass is 35.5. The van der Waals surface area contributed by atoms with Crippen LogP contribution in [0.3, 0.4) is 0 Å². The Morgan fingerprint density at radius 1 is 1.14 bits per heavy atom. The molecule has 0 radical (unpaired) electrons. The molecular formula is C15H13ClN4O. The number of nitrogens with two attached hydrogens (primary N) is 1. The van der Waals surface area contributed by atoms with Gasteiger partial charge >= 0.3 is 0 Å². The molecule has 5 nitrogen and oxygen atoms in total. The van der Waals surface area contributed by atoms with E-state index >= 15 is 0 Å². The zero-order valence-electron chi connectivity index (χ0n) is 11.1. The van der Waals surface area contributed by atoms with Crippen molar-refractivity contribution < 1.29 is 4.52 Å². The molecule has 106 valence electrons. The molecule has 1 unspecified atom stereocenters. The van der Waals surface area contributed by atoms with Crippen molar-refractivity contribution in [1.29, 1.82) is 0 Å². The van der Waals surface area contributed by atoms with Crippen molar-refractivity contribution in [2.75, 3.05) is 0 Å². The number of hydrogen-bond acceptors (Lipinski definition) is 5. The van der Waals surface area contributed by atoms with Crippen LogP contribution in [0.1, 0.15) is 17.5 Å². The number of rotatable bonds is 4. The van der Waals surface area contributed by atoms with E-state index in [4.69, 9.17) is 21.9 Å². The molecule has 1 aromatic carbocycles. The highest BCUT2D eigenvalue weighted by Crippen LogP contribution is 2.23. The summed E-state index contributed by atoms with van der Waals surface area (Å²) in [6, 6.07) is 13.1. The van der Waals surface area contributed by atoms with Crippen LogP contribution in [-0.2, 0) is 6.42 Å². The van der Waals surface area contributed by atoms with Gasteiger partial charge in [0.15, 0.2) is 0 Å². The molecule has 0 spiro atoms. The molecule has 21 heavy (non-hydrogen) atoms. The normalized spacial score (nSPS) is 12.3. The lowest BCUT2D eigenvalue weighted by molar-refractivity contribution is 0.370. The van der Waals surface area contributed by atoms with Gasteiger partial charge in [0.25, 0.3) is 0 Å². The fourth-order valence-corrected chi connectivity index (χ4v) is 2.20. The maximum Gasteiger partial charge on any atom is 0.228 e. The van der Waals surface area contributed by atoms with Crippen LogP contribution < -0.4 is 5.73 Å². The van der Waals surface area contributed by atoms with E-state index in [2.05, 4.69) is 15.1 Å². The summed E-state index contributed by atoms with van der Waals surface area (Å²) >= 11 is 6.06. The molecule has 0 aliphatic heterocycles. The Hall–Kier alpha value is -2.24. The number of pyridine rings is 1. The molecule has 6 heteroatoms. The second-order valence-corrected chi connectivity index (χ2v) is 4.97. The first-order valence-corrected chi connectivity index (χ1v) is 6.86. The Morgan fingerprint density at radius 2 is 1.95 bits per heavy atom. The first-order chi connectivity index (χ1) is 10.2. The molecule has 2 aromatic heterocycles.